The predicted octanol–water partition coefficient (Wildman–Crippen LogP) is 4.79. The second-order valence-electron chi connectivity index (χ2n) is 9.03. The number of anilines is 3. The molecular formula is C22H25FN8S. The van der Waals surface area contributed by atoms with Gasteiger partial charge >= 0.3 is 0 Å². The lowest BCUT2D eigenvalue weighted by Gasteiger charge is -2.14. The average molecular weight is 453 g/mol. The summed E-state index contributed by atoms with van der Waals surface area (Å²) in [6.45, 7) is 6.75. The minimum atomic E-state index is -0.367. The summed E-state index contributed by atoms with van der Waals surface area (Å²) in [5.41, 5.74) is 9.49. The third kappa shape index (κ3) is 3.86. The van der Waals surface area contributed by atoms with E-state index in [1.165, 1.54) is 23.9 Å². The van der Waals surface area contributed by atoms with Crippen LogP contribution < -0.4 is 16.4 Å². The lowest BCUT2D eigenvalue weighted by molar-refractivity contribution is 0.576. The van der Waals surface area contributed by atoms with Crippen molar-refractivity contribution >= 4 is 39.1 Å². The molecule has 4 N–H and O–H groups in total. The Labute approximate surface area is 189 Å². The molecular weight excluding hydrogens is 427 g/mol. The van der Waals surface area contributed by atoms with Gasteiger partial charge in [0.05, 0.1) is 29.5 Å². The average Bonchev–Trinajstić information content (AvgIpc) is 3.32. The Morgan fingerprint density at radius 3 is 2.69 bits per heavy atom. The fourth-order valence-corrected chi connectivity index (χ4v) is 4.34. The van der Waals surface area contributed by atoms with E-state index in [0.717, 1.165) is 23.5 Å². The monoisotopic (exact) mass is 452 g/mol. The lowest BCUT2D eigenvalue weighted by Crippen LogP contribution is -2.13. The molecule has 5 rings (SSSR count). The third-order valence-electron chi connectivity index (χ3n) is 5.47. The maximum absolute atomic E-state index is 14.9. The minimum Gasteiger partial charge on any atom is -0.383 e. The molecule has 3 heterocycles. The maximum atomic E-state index is 14.9. The van der Waals surface area contributed by atoms with E-state index in [1.807, 2.05) is 16.8 Å². The van der Waals surface area contributed by atoms with Crippen LogP contribution >= 0.6 is 11.5 Å². The van der Waals surface area contributed by atoms with Gasteiger partial charge in [-0.1, -0.05) is 26.8 Å². The lowest BCUT2D eigenvalue weighted by atomic mass is 9.92. The summed E-state index contributed by atoms with van der Waals surface area (Å²) in [5, 5.41) is 12.6. The van der Waals surface area contributed by atoms with Crippen LogP contribution in [-0.2, 0) is 5.41 Å². The van der Waals surface area contributed by atoms with Gasteiger partial charge in [0.1, 0.15) is 28.7 Å². The van der Waals surface area contributed by atoms with E-state index in [9.17, 15) is 4.39 Å². The number of hydrogen-bond acceptors (Lipinski definition) is 8. The van der Waals surface area contributed by atoms with Gasteiger partial charge in [-0.3, -0.25) is 0 Å². The maximum Gasteiger partial charge on any atom is 0.164 e. The topological polar surface area (TPSA) is 107 Å². The van der Waals surface area contributed by atoms with Crippen LogP contribution in [-0.4, -0.2) is 30.8 Å². The van der Waals surface area contributed by atoms with Crippen molar-refractivity contribution in [3.8, 4) is 11.3 Å². The summed E-state index contributed by atoms with van der Waals surface area (Å²) >= 11 is 1.40. The van der Waals surface area contributed by atoms with Crippen molar-refractivity contribution in [1.29, 1.82) is 0 Å². The molecule has 0 bridgehead atoms. The Bertz CT molecular complexity index is 1290. The first-order chi connectivity index (χ1) is 15.3. The van der Waals surface area contributed by atoms with Crippen molar-refractivity contribution in [3.63, 3.8) is 0 Å². The number of fused-ring (bicyclic) bond motifs is 1. The van der Waals surface area contributed by atoms with E-state index in [0.29, 0.717) is 46.5 Å². The molecule has 0 spiro atoms. The molecule has 0 aliphatic heterocycles. The number of rotatable bonds is 6. The number of benzene rings is 1. The normalized spacial score (nSPS) is 14.1. The zero-order chi connectivity index (χ0) is 22.5. The largest absolute Gasteiger partial charge is 0.383 e. The molecule has 0 atom stereocenters. The number of nitrogens with one attached hydrogen (secondary N) is 2. The first kappa shape index (κ1) is 20.6. The number of aromatic nitrogens is 5. The van der Waals surface area contributed by atoms with Crippen LogP contribution in [0.3, 0.4) is 0 Å². The molecule has 8 nitrogen and oxygen atoms in total. The minimum absolute atomic E-state index is 0.00308. The summed E-state index contributed by atoms with van der Waals surface area (Å²) < 4.78 is 21.3. The molecule has 0 amide bonds. The van der Waals surface area contributed by atoms with Crippen molar-refractivity contribution in [2.24, 2.45) is 0 Å². The summed E-state index contributed by atoms with van der Waals surface area (Å²) in [5.74, 6) is -0.0172. The van der Waals surface area contributed by atoms with Gasteiger partial charge in [-0.15, -0.1) is 0 Å². The number of halogens is 1. The molecule has 4 aromatic rings. The van der Waals surface area contributed by atoms with Crippen molar-refractivity contribution in [2.45, 2.75) is 45.1 Å². The summed E-state index contributed by atoms with van der Waals surface area (Å²) in [7, 11) is 0. The van der Waals surface area contributed by atoms with Crippen LogP contribution in [0.5, 0.6) is 0 Å². The number of nitrogens with zero attached hydrogens (tertiary/aromatic N) is 5. The molecule has 3 aromatic heterocycles. The molecule has 1 aliphatic rings. The zero-order valence-corrected chi connectivity index (χ0v) is 19.0. The van der Waals surface area contributed by atoms with Gasteiger partial charge in [-0.2, -0.15) is 9.47 Å². The molecule has 0 radical (unpaired) electrons. The van der Waals surface area contributed by atoms with Gasteiger partial charge in [0.2, 0.25) is 0 Å². The van der Waals surface area contributed by atoms with Crippen LogP contribution in [0.1, 0.15) is 45.3 Å². The first-order valence-corrected chi connectivity index (χ1v) is 11.3. The van der Waals surface area contributed by atoms with Crippen molar-refractivity contribution < 1.29 is 4.39 Å². The smallest absolute Gasteiger partial charge is 0.164 e. The molecule has 10 heteroatoms. The van der Waals surface area contributed by atoms with Gasteiger partial charge < -0.3 is 16.4 Å². The van der Waals surface area contributed by atoms with Gasteiger partial charge in [-0.05, 0) is 42.6 Å². The molecule has 1 fully saturated rings. The van der Waals surface area contributed by atoms with Gasteiger partial charge in [0.15, 0.2) is 5.65 Å². The summed E-state index contributed by atoms with van der Waals surface area (Å²) in [6, 6.07) is 7.36. The quantitative estimate of drug-likeness (QED) is 0.361. The standard InChI is InChI=1S/C22H25FN8S/c1-22(2,3)16-9-17(32-30-16)26-10-25-15-7-4-12(8-14(15)23)19-18-20(24)27-11-28-21(18)31(29-19)13-5-6-13/h4,7-9,11,13,25-26H,5-6,10H2,1-3H3,(H2,24,27,28). The Kier molecular flexibility index (Phi) is 4.96. The van der Waals surface area contributed by atoms with Crippen LogP contribution in [0.4, 0.5) is 20.9 Å². The van der Waals surface area contributed by atoms with E-state index in [1.54, 1.807) is 6.07 Å². The SMILES string of the molecule is CC(C)(C)c1cc(NCNc2ccc(-c3nn(C4CC4)c4ncnc(N)c34)cc2F)sn1. The molecule has 32 heavy (non-hydrogen) atoms. The highest BCUT2D eigenvalue weighted by Crippen LogP contribution is 2.40. The highest BCUT2D eigenvalue weighted by molar-refractivity contribution is 7.10. The third-order valence-corrected chi connectivity index (χ3v) is 6.22. The highest BCUT2D eigenvalue weighted by atomic mass is 32.1. The van der Waals surface area contributed by atoms with Crippen LogP contribution in [0.25, 0.3) is 22.3 Å². The van der Waals surface area contributed by atoms with E-state index in [-0.39, 0.29) is 11.2 Å². The number of nitrogen functional groups attached to an aromatic ring is 1. The van der Waals surface area contributed by atoms with E-state index in [4.69, 9.17) is 10.8 Å². The van der Waals surface area contributed by atoms with Gasteiger partial charge in [0, 0.05) is 11.0 Å². The fourth-order valence-electron chi connectivity index (χ4n) is 3.52. The second kappa shape index (κ2) is 7.70. The van der Waals surface area contributed by atoms with E-state index < -0.39 is 0 Å². The van der Waals surface area contributed by atoms with Crippen LogP contribution in [0, 0.1) is 5.82 Å². The summed E-state index contributed by atoms with van der Waals surface area (Å²) in [4.78, 5) is 8.47. The number of hydrogen-bond donors (Lipinski definition) is 3. The molecule has 0 unspecified atom stereocenters. The molecule has 166 valence electrons. The van der Waals surface area contributed by atoms with Crippen molar-refractivity contribution in [1.82, 2.24) is 24.1 Å². The Hall–Kier alpha value is -3.27. The van der Waals surface area contributed by atoms with Gasteiger partial charge in [-0.25, -0.2) is 19.0 Å². The predicted molar refractivity (Wildman–Crippen MR) is 126 cm³/mol. The van der Waals surface area contributed by atoms with Crippen molar-refractivity contribution in [3.05, 3.63) is 42.1 Å². The fraction of sp³-hybridized carbons (Fsp3) is 0.364. The molecule has 0 saturated heterocycles. The summed E-state index contributed by atoms with van der Waals surface area (Å²) in [6.07, 6.45) is 3.55. The molecule has 1 aliphatic carbocycles. The molecule has 1 aromatic carbocycles. The van der Waals surface area contributed by atoms with E-state index >= 15 is 0 Å². The zero-order valence-electron chi connectivity index (χ0n) is 18.2. The van der Waals surface area contributed by atoms with E-state index in [2.05, 4.69) is 45.7 Å². The highest BCUT2D eigenvalue weighted by Gasteiger charge is 2.29. The van der Waals surface area contributed by atoms with Crippen molar-refractivity contribution in [2.75, 3.05) is 23.0 Å². The Balaban J connectivity index is 1.34. The Morgan fingerprint density at radius 2 is 2.00 bits per heavy atom. The van der Waals surface area contributed by atoms with Gasteiger partial charge in [0.25, 0.3) is 0 Å². The Morgan fingerprint density at radius 1 is 1.19 bits per heavy atom. The second-order valence-corrected chi connectivity index (χ2v) is 9.84. The van der Waals surface area contributed by atoms with Crippen LogP contribution in [0.15, 0.2) is 30.6 Å². The van der Waals surface area contributed by atoms with Crippen LogP contribution in [0.2, 0.25) is 0 Å². The first-order valence-electron chi connectivity index (χ1n) is 10.5. The molecule has 1 saturated carbocycles. The number of nitrogens with two attached hydrogens (primary N) is 1.